The average molecular weight is 204 g/mol. The Bertz CT molecular complexity index is 382. The lowest BCUT2D eigenvalue weighted by atomic mass is 10.1. The molecule has 0 bridgehead atoms. The van der Waals surface area contributed by atoms with Gasteiger partial charge < -0.3 is 11.1 Å². The number of aliphatic imine (C=N–C) groups is 1. The Morgan fingerprint density at radius 3 is 2.93 bits per heavy atom. The minimum atomic E-state index is 0.358. The van der Waals surface area contributed by atoms with Crippen LogP contribution in [0.2, 0.25) is 0 Å². The van der Waals surface area contributed by atoms with Crippen LogP contribution in [-0.4, -0.2) is 18.4 Å². The minimum Gasteiger partial charge on any atom is -0.370 e. The molecule has 0 saturated heterocycles. The number of nitrogens with zero attached hydrogens (tertiary/aromatic N) is 2. The summed E-state index contributed by atoms with van der Waals surface area (Å²) >= 11 is 0. The molecular weight excluding hydrogens is 188 g/mol. The van der Waals surface area contributed by atoms with Gasteiger partial charge in [-0.3, -0.25) is 9.98 Å². The highest BCUT2D eigenvalue weighted by atomic mass is 15.0. The average Bonchev–Trinajstić information content (AvgIpc) is 2.24. The predicted molar refractivity (Wildman–Crippen MR) is 65.6 cm³/mol. The molecule has 0 spiro atoms. The Kier molecular flexibility index (Phi) is 4.00. The van der Waals surface area contributed by atoms with E-state index in [9.17, 15) is 0 Å². The van der Waals surface area contributed by atoms with Crippen LogP contribution in [0.3, 0.4) is 0 Å². The largest absolute Gasteiger partial charge is 0.370 e. The first-order valence-corrected chi connectivity index (χ1v) is 4.77. The molecule has 4 nitrogen and oxygen atoms in total. The molecule has 0 aliphatic rings. The summed E-state index contributed by atoms with van der Waals surface area (Å²) in [6, 6.07) is 0. The zero-order chi connectivity index (χ0) is 11.3. The standard InChI is InChI=1S/C11H16N4/c1-4-5-9-8(2)14-6-10(13-3)11(9)15-7-12/h4-6H,3,7,12H2,1-2H3,(H,14,15)/b5-4-. The number of anilines is 1. The SMILES string of the molecule is C=Nc1cnc(C)c(/C=C\C)c1NCN. The van der Waals surface area contributed by atoms with Crippen LogP contribution in [0.25, 0.3) is 6.08 Å². The fraction of sp³-hybridized carbons (Fsp3) is 0.273. The lowest BCUT2D eigenvalue weighted by molar-refractivity contribution is 1.11. The number of hydrogen-bond donors (Lipinski definition) is 2. The first-order valence-electron chi connectivity index (χ1n) is 4.77. The van der Waals surface area contributed by atoms with E-state index >= 15 is 0 Å². The fourth-order valence-electron chi connectivity index (χ4n) is 1.39. The van der Waals surface area contributed by atoms with Crippen molar-refractivity contribution in [2.75, 3.05) is 12.0 Å². The van der Waals surface area contributed by atoms with Gasteiger partial charge in [0.15, 0.2) is 0 Å². The van der Waals surface area contributed by atoms with E-state index in [1.54, 1.807) is 6.20 Å². The van der Waals surface area contributed by atoms with Gasteiger partial charge in [-0.05, 0) is 20.6 Å². The molecule has 1 heterocycles. The Balaban J connectivity index is 3.35. The minimum absolute atomic E-state index is 0.358. The Morgan fingerprint density at radius 2 is 2.40 bits per heavy atom. The molecule has 0 aromatic carbocycles. The highest BCUT2D eigenvalue weighted by Gasteiger charge is 2.08. The highest BCUT2D eigenvalue weighted by Crippen LogP contribution is 2.30. The van der Waals surface area contributed by atoms with Gasteiger partial charge in [-0.25, -0.2) is 0 Å². The van der Waals surface area contributed by atoms with E-state index in [4.69, 9.17) is 5.73 Å². The number of nitrogens with one attached hydrogen (secondary N) is 1. The number of pyridine rings is 1. The van der Waals surface area contributed by atoms with Crippen molar-refractivity contribution in [1.29, 1.82) is 0 Å². The van der Waals surface area contributed by atoms with Crippen molar-refractivity contribution in [2.24, 2.45) is 10.7 Å². The lowest BCUT2D eigenvalue weighted by Gasteiger charge is -2.12. The molecule has 0 radical (unpaired) electrons. The molecule has 0 atom stereocenters. The van der Waals surface area contributed by atoms with Crippen LogP contribution in [0.5, 0.6) is 0 Å². The molecule has 80 valence electrons. The Morgan fingerprint density at radius 1 is 1.67 bits per heavy atom. The van der Waals surface area contributed by atoms with E-state index in [2.05, 4.69) is 22.0 Å². The Hall–Kier alpha value is -1.68. The smallest absolute Gasteiger partial charge is 0.104 e. The quantitative estimate of drug-likeness (QED) is 0.583. The number of rotatable bonds is 4. The number of aromatic nitrogens is 1. The van der Waals surface area contributed by atoms with Crippen molar-refractivity contribution in [3.63, 3.8) is 0 Å². The molecule has 1 aromatic heterocycles. The molecule has 1 rings (SSSR count). The van der Waals surface area contributed by atoms with E-state index in [0.29, 0.717) is 6.67 Å². The van der Waals surface area contributed by atoms with Gasteiger partial charge in [0.25, 0.3) is 0 Å². The van der Waals surface area contributed by atoms with Crippen molar-refractivity contribution in [3.05, 3.63) is 23.5 Å². The molecule has 0 aliphatic heterocycles. The summed E-state index contributed by atoms with van der Waals surface area (Å²) in [5, 5.41) is 3.07. The second-order valence-electron chi connectivity index (χ2n) is 3.06. The summed E-state index contributed by atoms with van der Waals surface area (Å²) in [5.41, 5.74) is 9.04. The second-order valence-corrected chi connectivity index (χ2v) is 3.06. The van der Waals surface area contributed by atoms with Crippen LogP contribution in [-0.2, 0) is 0 Å². The Labute approximate surface area is 89.9 Å². The van der Waals surface area contributed by atoms with E-state index in [1.807, 2.05) is 26.0 Å². The van der Waals surface area contributed by atoms with Crippen molar-refractivity contribution in [2.45, 2.75) is 13.8 Å². The zero-order valence-electron chi connectivity index (χ0n) is 9.12. The second kappa shape index (κ2) is 5.26. The third-order valence-electron chi connectivity index (χ3n) is 2.08. The van der Waals surface area contributed by atoms with Gasteiger partial charge in [-0.1, -0.05) is 12.2 Å². The van der Waals surface area contributed by atoms with E-state index in [0.717, 1.165) is 22.6 Å². The molecule has 3 N–H and O–H groups in total. The third-order valence-corrected chi connectivity index (χ3v) is 2.08. The highest BCUT2D eigenvalue weighted by molar-refractivity contribution is 5.79. The molecule has 0 aliphatic carbocycles. The topological polar surface area (TPSA) is 63.3 Å². The maximum Gasteiger partial charge on any atom is 0.104 e. The normalized spacial score (nSPS) is 10.6. The predicted octanol–water partition coefficient (Wildman–Crippen LogP) is 2.08. The summed E-state index contributed by atoms with van der Waals surface area (Å²) < 4.78 is 0. The van der Waals surface area contributed by atoms with Crippen molar-refractivity contribution in [1.82, 2.24) is 4.98 Å². The summed E-state index contributed by atoms with van der Waals surface area (Å²) in [4.78, 5) is 8.15. The van der Waals surface area contributed by atoms with Gasteiger partial charge in [0.1, 0.15) is 5.69 Å². The van der Waals surface area contributed by atoms with Gasteiger partial charge in [0.2, 0.25) is 0 Å². The first kappa shape index (κ1) is 11.4. The van der Waals surface area contributed by atoms with Crippen molar-refractivity contribution in [3.8, 4) is 0 Å². The molecule has 0 amide bonds. The third kappa shape index (κ3) is 2.41. The molecule has 1 aromatic rings. The van der Waals surface area contributed by atoms with E-state index < -0.39 is 0 Å². The summed E-state index contributed by atoms with van der Waals surface area (Å²) in [7, 11) is 0. The van der Waals surface area contributed by atoms with Crippen LogP contribution >= 0.6 is 0 Å². The molecular formula is C11H16N4. The number of allylic oxidation sites excluding steroid dienone is 1. The van der Waals surface area contributed by atoms with Gasteiger partial charge in [-0.2, -0.15) is 0 Å². The monoisotopic (exact) mass is 204 g/mol. The van der Waals surface area contributed by atoms with Gasteiger partial charge in [0, 0.05) is 11.3 Å². The zero-order valence-corrected chi connectivity index (χ0v) is 9.12. The van der Waals surface area contributed by atoms with Gasteiger partial charge in [-0.15, -0.1) is 0 Å². The summed E-state index contributed by atoms with van der Waals surface area (Å²) in [6.07, 6.45) is 5.63. The van der Waals surface area contributed by atoms with Gasteiger partial charge >= 0.3 is 0 Å². The van der Waals surface area contributed by atoms with Crippen LogP contribution in [0.4, 0.5) is 11.4 Å². The molecule has 15 heavy (non-hydrogen) atoms. The van der Waals surface area contributed by atoms with Crippen molar-refractivity contribution >= 4 is 24.2 Å². The molecule has 4 heteroatoms. The summed E-state index contributed by atoms with van der Waals surface area (Å²) in [5.74, 6) is 0. The van der Waals surface area contributed by atoms with Crippen LogP contribution in [0.15, 0.2) is 17.3 Å². The van der Waals surface area contributed by atoms with Gasteiger partial charge in [0.05, 0.1) is 18.6 Å². The lowest BCUT2D eigenvalue weighted by Crippen LogP contribution is -2.12. The maximum absolute atomic E-state index is 5.48. The van der Waals surface area contributed by atoms with Crippen molar-refractivity contribution < 1.29 is 0 Å². The number of nitrogens with two attached hydrogens (primary N) is 1. The maximum atomic E-state index is 5.48. The van der Waals surface area contributed by atoms with E-state index in [-0.39, 0.29) is 0 Å². The van der Waals surface area contributed by atoms with Crippen LogP contribution in [0, 0.1) is 6.92 Å². The molecule has 0 unspecified atom stereocenters. The fourth-order valence-corrected chi connectivity index (χ4v) is 1.39. The van der Waals surface area contributed by atoms with Crippen LogP contribution < -0.4 is 11.1 Å². The number of aryl methyl sites for hydroxylation is 1. The van der Waals surface area contributed by atoms with E-state index in [1.165, 1.54) is 0 Å². The molecule has 0 fully saturated rings. The van der Waals surface area contributed by atoms with Crippen LogP contribution in [0.1, 0.15) is 18.2 Å². The summed E-state index contributed by atoms with van der Waals surface area (Å²) in [6.45, 7) is 7.77. The first-order chi connectivity index (χ1) is 7.24. The number of hydrogen-bond acceptors (Lipinski definition) is 4. The molecule has 0 saturated carbocycles.